The lowest BCUT2D eigenvalue weighted by atomic mass is 9.96. The molecule has 1 aromatic carbocycles. The third-order valence-electron chi connectivity index (χ3n) is 2.74. The van der Waals surface area contributed by atoms with Gasteiger partial charge in [0.25, 0.3) is 0 Å². The Morgan fingerprint density at radius 2 is 2.13 bits per heavy atom. The average Bonchev–Trinajstić information content (AvgIpc) is 2.22. The molecule has 15 heavy (non-hydrogen) atoms. The molecule has 0 spiro atoms. The molecule has 0 aliphatic carbocycles. The zero-order valence-corrected chi connectivity index (χ0v) is 9.76. The second-order valence-electron chi connectivity index (χ2n) is 3.89. The molecule has 0 amide bonds. The van der Waals surface area contributed by atoms with Gasteiger partial charge in [-0.2, -0.15) is 0 Å². The normalized spacial score (nSPS) is 15.0. The van der Waals surface area contributed by atoms with Crippen molar-refractivity contribution >= 4 is 11.6 Å². The Hall–Kier alpha value is -0.600. The lowest BCUT2D eigenvalue weighted by molar-refractivity contribution is 0.115. The van der Waals surface area contributed by atoms with Gasteiger partial charge >= 0.3 is 0 Å². The van der Waals surface area contributed by atoms with Crippen molar-refractivity contribution in [1.29, 1.82) is 0 Å². The van der Waals surface area contributed by atoms with Crippen molar-refractivity contribution in [3.05, 3.63) is 34.6 Å². The molecule has 0 aliphatic rings. The number of aliphatic hydroxyl groups excluding tert-OH is 1. The molecule has 2 atom stereocenters. The molecule has 1 N–H and O–H groups in total. The van der Waals surface area contributed by atoms with Crippen LogP contribution in [0.5, 0.6) is 0 Å². The zero-order chi connectivity index (χ0) is 11.4. The van der Waals surface area contributed by atoms with Crippen LogP contribution >= 0.6 is 11.6 Å². The highest BCUT2D eigenvalue weighted by Gasteiger charge is 2.14. The van der Waals surface area contributed by atoms with E-state index in [0.29, 0.717) is 17.0 Å². The highest BCUT2D eigenvalue weighted by molar-refractivity contribution is 6.31. The fourth-order valence-corrected chi connectivity index (χ4v) is 1.59. The van der Waals surface area contributed by atoms with Gasteiger partial charge in [0.2, 0.25) is 0 Å². The molecular weight excluding hydrogens is 215 g/mol. The van der Waals surface area contributed by atoms with E-state index < -0.39 is 6.10 Å². The standard InChI is InChI=1S/C12H16ClFO/c1-3-8(2)12(15)7-9-6-10(14)4-5-11(9)13/h4-6,8,12,15H,3,7H2,1-2H3. The van der Waals surface area contributed by atoms with Gasteiger partial charge < -0.3 is 5.11 Å². The summed E-state index contributed by atoms with van der Waals surface area (Å²) in [5.74, 6) is -0.116. The van der Waals surface area contributed by atoms with Crippen LogP contribution in [0.2, 0.25) is 5.02 Å². The molecule has 3 heteroatoms. The van der Waals surface area contributed by atoms with E-state index in [0.717, 1.165) is 6.42 Å². The molecule has 1 nitrogen and oxygen atoms in total. The van der Waals surface area contributed by atoms with E-state index in [9.17, 15) is 9.50 Å². The number of hydrogen-bond donors (Lipinski definition) is 1. The lowest BCUT2D eigenvalue weighted by Gasteiger charge is -2.17. The Morgan fingerprint density at radius 1 is 1.47 bits per heavy atom. The van der Waals surface area contributed by atoms with Crippen molar-refractivity contribution in [1.82, 2.24) is 0 Å². The molecule has 84 valence electrons. The minimum absolute atomic E-state index is 0.198. The van der Waals surface area contributed by atoms with Crippen molar-refractivity contribution in [2.24, 2.45) is 5.92 Å². The average molecular weight is 231 g/mol. The van der Waals surface area contributed by atoms with E-state index in [2.05, 4.69) is 0 Å². The van der Waals surface area contributed by atoms with E-state index >= 15 is 0 Å². The first-order valence-electron chi connectivity index (χ1n) is 5.16. The summed E-state index contributed by atoms with van der Waals surface area (Å²) < 4.78 is 12.9. The number of halogens is 2. The first-order valence-corrected chi connectivity index (χ1v) is 5.54. The molecule has 0 aromatic heterocycles. The van der Waals surface area contributed by atoms with Gasteiger partial charge in [-0.15, -0.1) is 0 Å². The van der Waals surface area contributed by atoms with Gasteiger partial charge in [0.15, 0.2) is 0 Å². The Bertz CT molecular complexity index is 327. The molecule has 0 saturated carbocycles. The molecule has 0 fully saturated rings. The first kappa shape index (κ1) is 12.5. The van der Waals surface area contributed by atoms with Crippen molar-refractivity contribution in [3.63, 3.8) is 0 Å². The molecule has 1 aromatic rings. The van der Waals surface area contributed by atoms with Crippen LogP contribution in [0.15, 0.2) is 18.2 Å². The van der Waals surface area contributed by atoms with Crippen LogP contribution in [0.3, 0.4) is 0 Å². The Kier molecular flexibility index (Phi) is 4.55. The van der Waals surface area contributed by atoms with E-state index in [1.807, 2.05) is 13.8 Å². The van der Waals surface area contributed by atoms with E-state index in [4.69, 9.17) is 11.6 Å². The summed E-state index contributed by atoms with van der Waals surface area (Å²) in [6.07, 6.45) is 0.842. The summed E-state index contributed by atoms with van der Waals surface area (Å²) in [7, 11) is 0. The maximum Gasteiger partial charge on any atom is 0.123 e. The smallest absolute Gasteiger partial charge is 0.123 e. The van der Waals surface area contributed by atoms with Gasteiger partial charge in [0.1, 0.15) is 5.82 Å². The third kappa shape index (κ3) is 3.47. The highest BCUT2D eigenvalue weighted by Crippen LogP contribution is 2.21. The second kappa shape index (κ2) is 5.47. The fourth-order valence-electron chi connectivity index (χ4n) is 1.40. The molecule has 2 unspecified atom stereocenters. The molecule has 0 heterocycles. The van der Waals surface area contributed by atoms with Crippen molar-refractivity contribution in [2.75, 3.05) is 0 Å². The van der Waals surface area contributed by atoms with Crippen LogP contribution in [0.1, 0.15) is 25.8 Å². The van der Waals surface area contributed by atoms with Gasteiger partial charge in [0.05, 0.1) is 6.10 Å². The second-order valence-corrected chi connectivity index (χ2v) is 4.30. The summed E-state index contributed by atoms with van der Waals surface area (Å²) >= 11 is 5.91. The fraction of sp³-hybridized carbons (Fsp3) is 0.500. The summed E-state index contributed by atoms with van der Waals surface area (Å²) in [5.41, 5.74) is 0.671. The number of aliphatic hydroxyl groups is 1. The molecule has 1 rings (SSSR count). The zero-order valence-electron chi connectivity index (χ0n) is 9.00. The number of benzene rings is 1. The van der Waals surface area contributed by atoms with E-state index in [1.165, 1.54) is 18.2 Å². The van der Waals surface area contributed by atoms with Crippen LogP contribution in [0, 0.1) is 11.7 Å². The molecule has 0 bridgehead atoms. The first-order chi connectivity index (χ1) is 7.04. The molecule has 0 radical (unpaired) electrons. The van der Waals surface area contributed by atoms with Crippen molar-refractivity contribution < 1.29 is 9.50 Å². The summed E-state index contributed by atoms with van der Waals surface area (Å²) in [4.78, 5) is 0. The van der Waals surface area contributed by atoms with E-state index in [1.54, 1.807) is 0 Å². The van der Waals surface area contributed by atoms with Gasteiger partial charge in [-0.3, -0.25) is 0 Å². The lowest BCUT2D eigenvalue weighted by Crippen LogP contribution is -2.19. The molecule has 0 saturated heterocycles. The SMILES string of the molecule is CCC(C)C(O)Cc1cc(F)ccc1Cl. The maximum absolute atomic E-state index is 12.9. The molecular formula is C12H16ClFO. The minimum Gasteiger partial charge on any atom is -0.393 e. The third-order valence-corrected chi connectivity index (χ3v) is 3.11. The van der Waals surface area contributed by atoms with Crippen LogP contribution in [0.4, 0.5) is 4.39 Å². The van der Waals surface area contributed by atoms with Crippen LogP contribution in [-0.4, -0.2) is 11.2 Å². The predicted octanol–water partition coefficient (Wildman–Crippen LogP) is 3.43. The van der Waals surface area contributed by atoms with E-state index in [-0.39, 0.29) is 11.7 Å². The number of rotatable bonds is 4. The Labute approximate surface area is 94.9 Å². The van der Waals surface area contributed by atoms with Crippen molar-refractivity contribution in [2.45, 2.75) is 32.8 Å². The van der Waals surface area contributed by atoms with Gasteiger partial charge in [-0.1, -0.05) is 31.9 Å². The maximum atomic E-state index is 12.9. The van der Waals surface area contributed by atoms with Gasteiger partial charge in [-0.05, 0) is 29.7 Å². The minimum atomic E-state index is -0.464. The Balaban J connectivity index is 2.75. The van der Waals surface area contributed by atoms with Crippen LogP contribution in [0.25, 0.3) is 0 Å². The monoisotopic (exact) mass is 230 g/mol. The van der Waals surface area contributed by atoms with Gasteiger partial charge in [-0.25, -0.2) is 4.39 Å². The Morgan fingerprint density at radius 3 is 2.73 bits per heavy atom. The number of hydrogen-bond acceptors (Lipinski definition) is 1. The predicted molar refractivity (Wildman–Crippen MR) is 60.6 cm³/mol. The summed E-state index contributed by atoms with van der Waals surface area (Å²) in [6, 6.07) is 4.23. The van der Waals surface area contributed by atoms with Crippen molar-refractivity contribution in [3.8, 4) is 0 Å². The largest absolute Gasteiger partial charge is 0.393 e. The summed E-state index contributed by atoms with van der Waals surface area (Å²) in [5, 5.41) is 10.3. The van der Waals surface area contributed by atoms with Gasteiger partial charge in [0, 0.05) is 11.4 Å². The highest BCUT2D eigenvalue weighted by atomic mass is 35.5. The topological polar surface area (TPSA) is 20.2 Å². The van der Waals surface area contributed by atoms with Crippen LogP contribution in [-0.2, 0) is 6.42 Å². The summed E-state index contributed by atoms with van der Waals surface area (Å²) in [6.45, 7) is 3.99. The molecule has 0 aliphatic heterocycles. The quantitative estimate of drug-likeness (QED) is 0.840. The van der Waals surface area contributed by atoms with Crippen LogP contribution < -0.4 is 0 Å².